The zero-order valence-corrected chi connectivity index (χ0v) is 12.2. The van der Waals surface area contributed by atoms with Gasteiger partial charge in [-0.05, 0) is 50.6 Å². The van der Waals surface area contributed by atoms with Crippen LogP contribution in [0.25, 0.3) is 16.5 Å². The van der Waals surface area contributed by atoms with E-state index >= 15 is 0 Å². The van der Waals surface area contributed by atoms with Crippen LogP contribution in [-0.2, 0) is 6.42 Å². The van der Waals surface area contributed by atoms with Gasteiger partial charge in [0.05, 0.1) is 0 Å². The van der Waals surface area contributed by atoms with Crippen LogP contribution in [0.5, 0.6) is 0 Å². The van der Waals surface area contributed by atoms with E-state index in [1.165, 1.54) is 29.7 Å². The lowest BCUT2D eigenvalue weighted by Crippen LogP contribution is -2.22. The van der Waals surface area contributed by atoms with Crippen LogP contribution in [0.4, 0.5) is 0 Å². The Labute approximate surface area is 123 Å². The van der Waals surface area contributed by atoms with Crippen molar-refractivity contribution in [3.8, 4) is 0 Å². The zero-order chi connectivity index (χ0) is 14.4. The van der Waals surface area contributed by atoms with Crippen molar-refractivity contribution in [2.24, 2.45) is 0 Å². The molecule has 0 unspecified atom stereocenters. The fourth-order valence-corrected chi connectivity index (χ4v) is 3.51. The number of likely N-dealkylation sites (N-methyl/N-ethyl adjacent to an activating group) is 1. The number of rotatable bonds is 0. The number of H-pyrrole nitrogens is 1. The van der Waals surface area contributed by atoms with E-state index in [0.717, 1.165) is 36.0 Å². The molecule has 2 aliphatic rings. The van der Waals surface area contributed by atoms with Gasteiger partial charge in [-0.3, -0.25) is 4.79 Å². The first-order valence-corrected chi connectivity index (χ1v) is 7.56. The van der Waals surface area contributed by atoms with Gasteiger partial charge in [-0.25, -0.2) is 0 Å². The van der Waals surface area contributed by atoms with E-state index in [2.05, 4.69) is 28.3 Å². The number of carbonyl (C=O) groups excluding carboxylic acids is 1. The van der Waals surface area contributed by atoms with Crippen molar-refractivity contribution in [3.63, 3.8) is 0 Å². The van der Waals surface area contributed by atoms with Gasteiger partial charge < -0.3 is 15.2 Å². The lowest BCUT2D eigenvalue weighted by molar-refractivity contribution is 0.0972. The Morgan fingerprint density at radius 1 is 1.24 bits per heavy atom. The molecule has 4 rings (SSSR count). The molecule has 108 valence electrons. The average molecular weight is 281 g/mol. The molecule has 0 aliphatic carbocycles. The van der Waals surface area contributed by atoms with E-state index in [-0.39, 0.29) is 5.91 Å². The van der Waals surface area contributed by atoms with E-state index in [1.807, 2.05) is 18.3 Å². The number of aryl methyl sites for hydroxylation is 1. The lowest BCUT2D eigenvalue weighted by Gasteiger charge is -2.17. The fourth-order valence-electron chi connectivity index (χ4n) is 3.51. The number of nitrogens with one attached hydrogen (secondary N) is 2. The number of carbonyl (C=O) groups is 1. The van der Waals surface area contributed by atoms with Crippen LogP contribution in [0.3, 0.4) is 0 Å². The van der Waals surface area contributed by atoms with Gasteiger partial charge in [0.25, 0.3) is 5.91 Å². The second-order valence-corrected chi connectivity index (χ2v) is 6.04. The molecule has 0 atom stereocenters. The molecular weight excluding hydrogens is 262 g/mol. The molecule has 0 bridgehead atoms. The predicted octanol–water partition coefficient (Wildman–Crippen LogP) is 2.52. The Hall–Kier alpha value is -2.07. The zero-order valence-electron chi connectivity index (χ0n) is 12.2. The molecular formula is C17H19N3O. The fraction of sp³-hybridized carbons (Fsp3) is 0.353. The van der Waals surface area contributed by atoms with E-state index < -0.39 is 0 Å². The highest BCUT2D eigenvalue weighted by molar-refractivity contribution is 6.13. The number of hydrogen-bond acceptors (Lipinski definition) is 2. The van der Waals surface area contributed by atoms with E-state index in [9.17, 15) is 4.79 Å². The molecule has 4 nitrogen and oxygen atoms in total. The van der Waals surface area contributed by atoms with Crippen LogP contribution >= 0.6 is 0 Å². The van der Waals surface area contributed by atoms with Crippen LogP contribution in [0.1, 0.15) is 34.5 Å². The van der Waals surface area contributed by atoms with Gasteiger partial charge in [0.15, 0.2) is 0 Å². The summed E-state index contributed by atoms with van der Waals surface area (Å²) in [7, 11) is 2.15. The van der Waals surface area contributed by atoms with E-state index in [0.29, 0.717) is 0 Å². The predicted molar refractivity (Wildman–Crippen MR) is 84.2 cm³/mol. The maximum absolute atomic E-state index is 12.3. The van der Waals surface area contributed by atoms with Crippen LogP contribution in [0, 0.1) is 0 Å². The molecule has 2 N–H and O–H groups in total. The summed E-state index contributed by atoms with van der Waals surface area (Å²) >= 11 is 0. The number of aromatic amines is 1. The Morgan fingerprint density at radius 2 is 2.14 bits per heavy atom. The van der Waals surface area contributed by atoms with Gasteiger partial charge in [-0.1, -0.05) is 6.07 Å². The first-order valence-electron chi connectivity index (χ1n) is 7.56. The topological polar surface area (TPSA) is 48.1 Å². The molecule has 4 heteroatoms. The molecule has 0 spiro atoms. The summed E-state index contributed by atoms with van der Waals surface area (Å²) in [4.78, 5) is 18.2. The molecule has 0 fully saturated rings. The van der Waals surface area contributed by atoms with Gasteiger partial charge in [-0.15, -0.1) is 0 Å². The minimum absolute atomic E-state index is 0.0119. The number of hydrogen-bond donors (Lipinski definition) is 2. The maximum Gasteiger partial charge on any atom is 0.255 e. The van der Waals surface area contributed by atoms with Crippen molar-refractivity contribution in [3.05, 3.63) is 41.2 Å². The van der Waals surface area contributed by atoms with Crippen molar-refractivity contribution in [2.75, 3.05) is 20.1 Å². The standard InChI is InChI=1S/C17H19N3O/c1-20-8-3-2-6-13-15-11(10-20)9-18-17(21)12-5-4-7-14(19-13)16(12)15/h4-5,7,9,19H,2-3,6,8,10H2,1H3,(H,18,21). The van der Waals surface area contributed by atoms with Gasteiger partial charge in [0, 0.05) is 40.5 Å². The van der Waals surface area contributed by atoms with Crippen LogP contribution in [0.15, 0.2) is 24.4 Å². The minimum atomic E-state index is -0.0119. The molecule has 1 aromatic heterocycles. The molecule has 3 heterocycles. The molecule has 2 aromatic rings. The monoisotopic (exact) mass is 281 g/mol. The summed E-state index contributed by atoms with van der Waals surface area (Å²) in [6.45, 7) is 1.97. The summed E-state index contributed by atoms with van der Waals surface area (Å²) in [6.07, 6.45) is 5.32. The summed E-state index contributed by atoms with van der Waals surface area (Å²) in [5.41, 5.74) is 5.57. The Morgan fingerprint density at radius 3 is 3.05 bits per heavy atom. The van der Waals surface area contributed by atoms with Crippen LogP contribution < -0.4 is 5.32 Å². The van der Waals surface area contributed by atoms with Crippen molar-refractivity contribution >= 4 is 22.4 Å². The van der Waals surface area contributed by atoms with Crippen LogP contribution in [-0.4, -0.2) is 35.9 Å². The maximum atomic E-state index is 12.3. The molecule has 1 amide bonds. The van der Waals surface area contributed by atoms with Crippen molar-refractivity contribution in [1.29, 1.82) is 0 Å². The molecule has 0 saturated heterocycles. The second kappa shape index (κ2) is 4.74. The quantitative estimate of drug-likeness (QED) is 0.779. The number of amides is 1. The number of benzene rings is 1. The largest absolute Gasteiger partial charge is 0.358 e. The van der Waals surface area contributed by atoms with E-state index in [4.69, 9.17) is 0 Å². The van der Waals surface area contributed by atoms with Gasteiger partial charge in [-0.2, -0.15) is 0 Å². The molecule has 0 radical (unpaired) electrons. The van der Waals surface area contributed by atoms with Crippen LogP contribution in [0.2, 0.25) is 0 Å². The third-order valence-corrected chi connectivity index (χ3v) is 4.50. The van der Waals surface area contributed by atoms with Gasteiger partial charge >= 0.3 is 0 Å². The smallest absolute Gasteiger partial charge is 0.255 e. The highest BCUT2D eigenvalue weighted by Crippen LogP contribution is 2.34. The Balaban J connectivity index is 2.02. The van der Waals surface area contributed by atoms with Gasteiger partial charge in [0.2, 0.25) is 0 Å². The third kappa shape index (κ3) is 1.98. The summed E-state index contributed by atoms with van der Waals surface area (Å²) in [5, 5.41) is 4.03. The van der Waals surface area contributed by atoms with Crippen molar-refractivity contribution < 1.29 is 4.79 Å². The lowest BCUT2D eigenvalue weighted by atomic mass is 9.98. The number of nitrogens with zero attached hydrogens (tertiary/aromatic N) is 1. The molecule has 0 saturated carbocycles. The molecule has 2 aliphatic heterocycles. The highest BCUT2D eigenvalue weighted by atomic mass is 16.1. The summed E-state index contributed by atoms with van der Waals surface area (Å²) in [6, 6.07) is 5.93. The highest BCUT2D eigenvalue weighted by Gasteiger charge is 2.24. The minimum Gasteiger partial charge on any atom is -0.358 e. The van der Waals surface area contributed by atoms with E-state index in [1.54, 1.807) is 0 Å². The first kappa shape index (κ1) is 12.7. The molecule has 1 aromatic carbocycles. The van der Waals surface area contributed by atoms with Crippen molar-refractivity contribution in [2.45, 2.75) is 19.3 Å². The summed E-state index contributed by atoms with van der Waals surface area (Å²) < 4.78 is 0. The first-order chi connectivity index (χ1) is 10.2. The second-order valence-electron chi connectivity index (χ2n) is 6.04. The SMILES string of the molecule is CN1CCCCc2[nH]c3cccc4c3c2C(=CNC4=O)C1. The Bertz CT molecular complexity index is 757. The average Bonchev–Trinajstić information content (AvgIpc) is 2.80. The third-order valence-electron chi connectivity index (χ3n) is 4.50. The number of aromatic nitrogens is 1. The van der Waals surface area contributed by atoms with Crippen molar-refractivity contribution in [1.82, 2.24) is 15.2 Å². The normalized spacial score (nSPS) is 19.3. The summed E-state index contributed by atoms with van der Waals surface area (Å²) in [5.74, 6) is -0.0119. The molecule has 21 heavy (non-hydrogen) atoms. The van der Waals surface area contributed by atoms with Gasteiger partial charge in [0.1, 0.15) is 0 Å². The Kier molecular flexibility index (Phi) is 2.86.